The average Bonchev–Trinajstić information content (AvgIpc) is 2.77. The fourth-order valence-corrected chi connectivity index (χ4v) is 3.86. The van der Waals surface area contributed by atoms with Crippen LogP contribution in [0.5, 0.6) is 0 Å². The fourth-order valence-electron chi connectivity index (χ4n) is 2.80. The smallest absolute Gasteiger partial charge is 0.353 e. The third-order valence-corrected chi connectivity index (χ3v) is 4.89. The third-order valence-electron chi connectivity index (χ3n) is 3.78. The van der Waals surface area contributed by atoms with E-state index in [2.05, 4.69) is 5.32 Å². The van der Waals surface area contributed by atoms with Crippen LogP contribution in [-0.4, -0.2) is 63.9 Å². The first-order chi connectivity index (χ1) is 10.4. The first-order valence-corrected chi connectivity index (χ1v) is 7.94. The molecule has 0 aromatic rings. The van der Waals surface area contributed by atoms with Gasteiger partial charge < -0.3 is 26.2 Å². The Bertz CT molecular complexity index is 534. The van der Waals surface area contributed by atoms with Crippen LogP contribution in [0.1, 0.15) is 13.3 Å². The topological polar surface area (TPSA) is 133 Å². The van der Waals surface area contributed by atoms with Crippen LogP contribution in [0.2, 0.25) is 0 Å². The molecule has 0 bridgehead atoms. The summed E-state index contributed by atoms with van der Waals surface area (Å²) >= 11 is 1.30. The van der Waals surface area contributed by atoms with Gasteiger partial charge in [0.05, 0.1) is 24.6 Å². The molecule has 122 valence electrons. The number of nitrogens with one attached hydrogen (secondary N) is 1. The number of carbonyl (C=O) groups is 3. The molecule has 0 radical (unpaired) electrons. The van der Waals surface area contributed by atoms with Gasteiger partial charge in [0, 0.05) is 23.6 Å². The van der Waals surface area contributed by atoms with Crippen LogP contribution < -0.4 is 11.1 Å². The summed E-state index contributed by atoms with van der Waals surface area (Å²) in [5.41, 5.74) is 5.17. The SMILES string of the molecule is C[C@H](O)[C@@H]1C(=O)N2C(C(=O)O)=C(SCCNC(=O)CN)C[C@H]12. The van der Waals surface area contributed by atoms with Gasteiger partial charge in [0.25, 0.3) is 0 Å². The summed E-state index contributed by atoms with van der Waals surface area (Å²) < 4.78 is 0. The van der Waals surface area contributed by atoms with Gasteiger partial charge in [0.15, 0.2) is 0 Å². The molecule has 2 rings (SSSR count). The van der Waals surface area contributed by atoms with E-state index in [0.29, 0.717) is 23.6 Å². The van der Waals surface area contributed by atoms with Crippen molar-refractivity contribution in [1.82, 2.24) is 10.2 Å². The van der Waals surface area contributed by atoms with Crippen LogP contribution in [-0.2, 0) is 14.4 Å². The van der Waals surface area contributed by atoms with E-state index in [0.717, 1.165) is 0 Å². The number of rotatable bonds is 7. The normalized spacial score (nSPS) is 24.9. The van der Waals surface area contributed by atoms with E-state index in [1.807, 2.05) is 0 Å². The van der Waals surface area contributed by atoms with E-state index in [-0.39, 0.29) is 30.1 Å². The summed E-state index contributed by atoms with van der Waals surface area (Å²) in [5, 5.41) is 21.5. The van der Waals surface area contributed by atoms with E-state index in [1.54, 1.807) is 0 Å². The standard InChI is InChI=1S/C13H19N3O5S/c1-6(17)10-7-4-8(22-3-2-15-9(18)5-14)11(13(20)21)16(7)12(10)19/h6-7,10,17H,2-5,14H2,1H3,(H,15,18)(H,20,21)/t6-,7+,10-/m0/s1. The molecule has 3 atom stereocenters. The van der Waals surface area contributed by atoms with Gasteiger partial charge >= 0.3 is 5.97 Å². The van der Waals surface area contributed by atoms with E-state index < -0.39 is 18.0 Å². The lowest BCUT2D eigenvalue weighted by molar-refractivity contribution is -0.161. The Morgan fingerprint density at radius 1 is 1.55 bits per heavy atom. The Labute approximate surface area is 131 Å². The molecule has 9 heteroatoms. The number of carboxylic acids is 1. The second-order valence-electron chi connectivity index (χ2n) is 5.23. The Hall–Kier alpha value is -1.58. The number of hydrogen-bond acceptors (Lipinski definition) is 6. The fraction of sp³-hybridized carbons (Fsp3) is 0.615. The monoisotopic (exact) mass is 329 g/mol. The van der Waals surface area contributed by atoms with Crippen molar-refractivity contribution >= 4 is 29.5 Å². The molecule has 0 aliphatic carbocycles. The number of amides is 2. The maximum Gasteiger partial charge on any atom is 0.353 e. The summed E-state index contributed by atoms with van der Waals surface area (Å²) in [6, 6.07) is -0.278. The molecule has 1 saturated heterocycles. The molecule has 5 N–H and O–H groups in total. The van der Waals surface area contributed by atoms with Crippen LogP contribution in [0, 0.1) is 5.92 Å². The number of aliphatic carboxylic acids is 1. The maximum absolute atomic E-state index is 12.0. The van der Waals surface area contributed by atoms with E-state index >= 15 is 0 Å². The highest BCUT2D eigenvalue weighted by molar-refractivity contribution is 8.03. The minimum atomic E-state index is -1.15. The number of nitrogens with zero attached hydrogens (tertiary/aromatic N) is 1. The molecule has 2 heterocycles. The number of aliphatic hydroxyl groups is 1. The molecule has 22 heavy (non-hydrogen) atoms. The zero-order valence-electron chi connectivity index (χ0n) is 12.1. The lowest BCUT2D eigenvalue weighted by atomic mass is 9.83. The van der Waals surface area contributed by atoms with E-state index in [9.17, 15) is 24.6 Å². The van der Waals surface area contributed by atoms with Gasteiger partial charge in [-0.05, 0) is 6.92 Å². The molecule has 0 aromatic carbocycles. The third kappa shape index (κ3) is 2.96. The Morgan fingerprint density at radius 2 is 2.23 bits per heavy atom. The van der Waals surface area contributed by atoms with Gasteiger partial charge in [-0.2, -0.15) is 0 Å². The molecule has 0 spiro atoms. The number of nitrogens with two attached hydrogens (primary N) is 1. The van der Waals surface area contributed by atoms with Crippen LogP contribution in [0.25, 0.3) is 0 Å². The van der Waals surface area contributed by atoms with Crippen molar-refractivity contribution in [2.75, 3.05) is 18.8 Å². The quantitative estimate of drug-likeness (QED) is 0.337. The minimum Gasteiger partial charge on any atom is -0.477 e. The lowest BCUT2D eigenvalue weighted by Crippen LogP contribution is -2.61. The highest BCUT2D eigenvalue weighted by Crippen LogP contribution is 2.46. The molecule has 0 aromatic heterocycles. The Kier molecular flexibility index (Phi) is 5.09. The number of carboxylic acid groups (broad SMARTS) is 1. The number of hydrogen-bond donors (Lipinski definition) is 4. The number of fused-ring (bicyclic) bond motifs is 1. The molecule has 8 nitrogen and oxygen atoms in total. The van der Waals surface area contributed by atoms with Gasteiger partial charge in [-0.25, -0.2) is 4.79 Å². The van der Waals surface area contributed by atoms with Gasteiger partial charge in [-0.1, -0.05) is 0 Å². The lowest BCUT2D eigenvalue weighted by Gasteiger charge is -2.44. The number of aliphatic hydroxyl groups excluding tert-OH is 1. The zero-order chi connectivity index (χ0) is 16.4. The second-order valence-corrected chi connectivity index (χ2v) is 6.42. The molecule has 1 fully saturated rings. The van der Waals surface area contributed by atoms with Crippen molar-refractivity contribution in [3.05, 3.63) is 10.6 Å². The summed E-state index contributed by atoms with van der Waals surface area (Å²) in [6.45, 7) is 1.82. The molecular weight excluding hydrogens is 310 g/mol. The van der Waals surface area contributed by atoms with Gasteiger partial charge in [-0.15, -0.1) is 11.8 Å². The molecule has 2 aliphatic heterocycles. The predicted molar refractivity (Wildman–Crippen MR) is 79.6 cm³/mol. The number of β-lactam (4-membered cyclic amide) rings is 1. The number of carbonyl (C=O) groups excluding carboxylic acids is 2. The summed E-state index contributed by atoms with van der Waals surface area (Å²) in [7, 11) is 0. The maximum atomic E-state index is 12.0. The van der Waals surface area contributed by atoms with Crippen LogP contribution >= 0.6 is 11.8 Å². The zero-order valence-corrected chi connectivity index (χ0v) is 12.9. The largest absolute Gasteiger partial charge is 0.477 e. The molecule has 2 aliphatic rings. The van der Waals surface area contributed by atoms with Crippen molar-refractivity contribution in [2.24, 2.45) is 11.7 Å². The first-order valence-electron chi connectivity index (χ1n) is 6.95. The van der Waals surface area contributed by atoms with Crippen molar-refractivity contribution < 1.29 is 24.6 Å². The van der Waals surface area contributed by atoms with Crippen molar-refractivity contribution in [3.63, 3.8) is 0 Å². The molecule has 0 unspecified atom stereocenters. The average molecular weight is 329 g/mol. The Balaban J connectivity index is 2.00. The minimum absolute atomic E-state index is 0.00190. The van der Waals surface area contributed by atoms with E-state index in [4.69, 9.17) is 5.73 Å². The van der Waals surface area contributed by atoms with Crippen molar-refractivity contribution in [3.8, 4) is 0 Å². The van der Waals surface area contributed by atoms with Crippen molar-refractivity contribution in [2.45, 2.75) is 25.5 Å². The highest BCUT2D eigenvalue weighted by Gasteiger charge is 2.56. The summed E-state index contributed by atoms with van der Waals surface area (Å²) in [6.07, 6.45) is -0.365. The summed E-state index contributed by atoms with van der Waals surface area (Å²) in [5.74, 6) is -1.80. The van der Waals surface area contributed by atoms with Gasteiger partial charge in [0.1, 0.15) is 5.70 Å². The van der Waals surface area contributed by atoms with E-state index in [1.165, 1.54) is 23.6 Å². The molecule has 0 saturated carbocycles. The first kappa shape index (κ1) is 16.8. The second kappa shape index (κ2) is 6.67. The van der Waals surface area contributed by atoms with Crippen LogP contribution in [0.4, 0.5) is 0 Å². The molecule has 2 amide bonds. The Morgan fingerprint density at radius 3 is 2.77 bits per heavy atom. The summed E-state index contributed by atoms with van der Waals surface area (Å²) in [4.78, 5) is 36.3. The van der Waals surface area contributed by atoms with Gasteiger partial charge in [-0.3, -0.25) is 9.59 Å². The molecular formula is C13H19N3O5S. The van der Waals surface area contributed by atoms with Crippen LogP contribution in [0.3, 0.4) is 0 Å². The highest BCUT2D eigenvalue weighted by atomic mass is 32.2. The predicted octanol–water partition coefficient (Wildman–Crippen LogP) is -1.30. The van der Waals surface area contributed by atoms with Crippen LogP contribution in [0.15, 0.2) is 10.6 Å². The number of thioether (sulfide) groups is 1. The van der Waals surface area contributed by atoms with Crippen molar-refractivity contribution in [1.29, 1.82) is 0 Å². The van der Waals surface area contributed by atoms with Gasteiger partial charge in [0.2, 0.25) is 11.8 Å².